The molecule has 0 aliphatic carbocycles. The maximum Gasteiger partial charge on any atom is 0.322 e. The summed E-state index contributed by atoms with van der Waals surface area (Å²) in [4.78, 5) is 29.8. The number of hydrogen-bond acceptors (Lipinski definition) is 8. The van der Waals surface area contributed by atoms with E-state index in [-0.39, 0.29) is 23.7 Å². The van der Waals surface area contributed by atoms with E-state index >= 15 is 0 Å². The van der Waals surface area contributed by atoms with E-state index in [0.717, 1.165) is 68.6 Å². The summed E-state index contributed by atoms with van der Waals surface area (Å²) in [5.74, 6) is -1.94. The van der Waals surface area contributed by atoms with Crippen LogP contribution in [0.25, 0.3) is 11.0 Å². The molecule has 0 bridgehead atoms. The molecule has 4 aromatic rings. The van der Waals surface area contributed by atoms with Gasteiger partial charge in [0.05, 0.1) is 23.0 Å². The van der Waals surface area contributed by atoms with Crippen LogP contribution in [0, 0.1) is 11.6 Å². The Kier molecular flexibility index (Phi) is 7.66. The van der Waals surface area contributed by atoms with Crippen LogP contribution in [0.2, 0.25) is 0 Å². The molecule has 41 heavy (non-hydrogen) atoms. The van der Waals surface area contributed by atoms with Gasteiger partial charge in [0.25, 0.3) is 5.91 Å². The summed E-state index contributed by atoms with van der Waals surface area (Å²) in [6, 6.07) is 8.79. The van der Waals surface area contributed by atoms with Gasteiger partial charge >= 0.3 is 6.01 Å². The SMILES string of the molecule is CN1CCN(c2ccc(C(=O)Nc3c[nH]c4cnc(Oc5cc(F)cc(F)c5)nc34)c(NC3CCOCC3)c2)CC1. The van der Waals surface area contributed by atoms with Crippen molar-refractivity contribution in [3.05, 3.63) is 66.0 Å². The summed E-state index contributed by atoms with van der Waals surface area (Å²) in [5, 5.41) is 6.54. The number of likely N-dealkylation sites (N-methyl/N-ethyl adjacent to an activating group) is 1. The van der Waals surface area contributed by atoms with Crippen molar-refractivity contribution in [2.24, 2.45) is 0 Å². The van der Waals surface area contributed by atoms with Crippen LogP contribution < -0.4 is 20.3 Å². The quantitative estimate of drug-likeness (QED) is 0.299. The zero-order chi connectivity index (χ0) is 28.3. The van der Waals surface area contributed by atoms with Crippen molar-refractivity contribution in [3.8, 4) is 11.8 Å². The molecule has 2 aromatic heterocycles. The predicted octanol–water partition coefficient (Wildman–Crippen LogP) is 4.62. The number of carbonyl (C=O) groups is 1. The minimum Gasteiger partial charge on any atom is -0.424 e. The van der Waals surface area contributed by atoms with Crippen molar-refractivity contribution < 1.29 is 23.0 Å². The topological polar surface area (TPSA) is 108 Å². The van der Waals surface area contributed by atoms with Crippen molar-refractivity contribution in [2.75, 3.05) is 62.0 Å². The molecule has 0 saturated carbocycles. The number of carbonyl (C=O) groups excluding carboxylic acids is 1. The molecule has 2 saturated heterocycles. The van der Waals surface area contributed by atoms with Crippen molar-refractivity contribution >= 4 is 34.0 Å². The lowest BCUT2D eigenvalue weighted by atomic mass is 10.1. The van der Waals surface area contributed by atoms with Crippen LogP contribution in [-0.2, 0) is 4.74 Å². The number of fused-ring (bicyclic) bond motifs is 1. The van der Waals surface area contributed by atoms with Crippen LogP contribution >= 0.6 is 0 Å². The average Bonchev–Trinajstić information content (AvgIpc) is 3.35. The number of H-pyrrole nitrogens is 1. The van der Waals surface area contributed by atoms with E-state index in [1.807, 2.05) is 12.1 Å². The number of piperazine rings is 1. The number of amides is 1. The fraction of sp³-hybridized carbons (Fsp3) is 0.345. The number of hydrogen-bond donors (Lipinski definition) is 3. The Balaban J connectivity index is 1.25. The second-order valence-corrected chi connectivity index (χ2v) is 10.3. The Bertz CT molecular complexity index is 1530. The fourth-order valence-corrected chi connectivity index (χ4v) is 5.09. The smallest absolute Gasteiger partial charge is 0.322 e. The minimum absolute atomic E-state index is 0.0766. The zero-order valence-electron chi connectivity index (χ0n) is 22.6. The maximum absolute atomic E-state index is 13.6. The van der Waals surface area contributed by atoms with Crippen LogP contribution in [0.3, 0.4) is 0 Å². The van der Waals surface area contributed by atoms with E-state index in [0.29, 0.717) is 35.5 Å². The lowest BCUT2D eigenvalue weighted by Crippen LogP contribution is -2.44. The monoisotopic (exact) mass is 563 g/mol. The molecular weight excluding hydrogens is 532 g/mol. The van der Waals surface area contributed by atoms with Crippen LogP contribution in [0.5, 0.6) is 11.8 Å². The van der Waals surface area contributed by atoms with Gasteiger partial charge in [0.2, 0.25) is 0 Å². The Morgan fingerprint density at radius 2 is 1.80 bits per heavy atom. The number of ether oxygens (including phenoxy) is 2. The van der Waals surface area contributed by atoms with Gasteiger partial charge in [-0.05, 0) is 38.1 Å². The van der Waals surface area contributed by atoms with Crippen LogP contribution in [0.15, 0.2) is 48.8 Å². The number of halogens is 2. The summed E-state index contributed by atoms with van der Waals surface area (Å²) in [5.41, 5.74) is 3.71. The number of aromatic amines is 1. The Morgan fingerprint density at radius 3 is 2.56 bits per heavy atom. The van der Waals surface area contributed by atoms with E-state index in [1.165, 1.54) is 6.20 Å². The third kappa shape index (κ3) is 6.23. The first-order valence-corrected chi connectivity index (χ1v) is 13.6. The number of anilines is 3. The molecule has 12 heteroatoms. The molecule has 1 amide bonds. The summed E-state index contributed by atoms with van der Waals surface area (Å²) in [6.45, 7) is 5.15. The first-order chi connectivity index (χ1) is 19.9. The molecular formula is C29H31F2N7O3. The van der Waals surface area contributed by atoms with Crippen molar-refractivity contribution in [2.45, 2.75) is 18.9 Å². The van der Waals surface area contributed by atoms with E-state index in [9.17, 15) is 13.6 Å². The van der Waals surface area contributed by atoms with E-state index in [2.05, 4.69) is 48.5 Å². The Labute approximate surface area is 235 Å². The lowest BCUT2D eigenvalue weighted by molar-refractivity contribution is 0.0904. The second-order valence-electron chi connectivity index (χ2n) is 10.3. The standard InChI is InChI=1S/C29H31F2N7O3/c1-37-6-8-38(9-7-37)21-2-3-23(24(15-21)34-20-4-10-40-11-5-20)28(39)35-26-17-32-25-16-33-29(36-27(25)26)41-22-13-18(30)12-19(31)14-22/h2-3,12-17,20,32,34H,4-11H2,1H3,(H,35,39). The van der Waals surface area contributed by atoms with Crippen molar-refractivity contribution in [3.63, 3.8) is 0 Å². The summed E-state index contributed by atoms with van der Waals surface area (Å²) < 4.78 is 38.2. The van der Waals surface area contributed by atoms with Gasteiger partial charge in [0.1, 0.15) is 22.9 Å². The van der Waals surface area contributed by atoms with Gasteiger partial charge in [-0.3, -0.25) is 4.79 Å². The summed E-state index contributed by atoms with van der Waals surface area (Å²) in [7, 11) is 2.12. The van der Waals surface area contributed by atoms with Gasteiger partial charge in [-0.25, -0.2) is 13.8 Å². The number of nitrogens with zero attached hydrogens (tertiary/aromatic N) is 4. The maximum atomic E-state index is 13.6. The summed E-state index contributed by atoms with van der Waals surface area (Å²) in [6.07, 6.45) is 4.81. The van der Waals surface area contributed by atoms with Crippen LogP contribution in [0.4, 0.5) is 25.8 Å². The van der Waals surface area contributed by atoms with Gasteiger partial charge in [0.15, 0.2) is 0 Å². The third-order valence-electron chi connectivity index (χ3n) is 7.38. The minimum atomic E-state index is -0.778. The summed E-state index contributed by atoms with van der Waals surface area (Å²) >= 11 is 0. The van der Waals surface area contributed by atoms with Gasteiger partial charge in [0, 0.05) is 81.2 Å². The highest BCUT2D eigenvalue weighted by molar-refractivity contribution is 6.11. The molecule has 2 aliphatic rings. The first kappa shape index (κ1) is 26.9. The fourth-order valence-electron chi connectivity index (χ4n) is 5.09. The van der Waals surface area contributed by atoms with E-state index < -0.39 is 11.6 Å². The van der Waals surface area contributed by atoms with E-state index in [1.54, 1.807) is 6.20 Å². The number of nitrogens with one attached hydrogen (secondary N) is 3. The second kappa shape index (κ2) is 11.7. The van der Waals surface area contributed by atoms with Gasteiger partial charge in [-0.2, -0.15) is 4.98 Å². The van der Waals surface area contributed by atoms with Crippen molar-refractivity contribution in [1.29, 1.82) is 0 Å². The van der Waals surface area contributed by atoms with Gasteiger partial charge in [-0.1, -0.05) is 0 Å². The molecule has 4 heterocycles. The highest BCUT2D eigenvalue weighted by Gasteiger charge is 2.22. The average molecular weight is 564 g/mol. The third-order valence-corrected chi connectivity index (χ3v) is 7.38. The number of aromatic nitrogens is 3. The lowest BCUT2D eigenvalue weighted by Gasteiger charge is -2.34. The van der Waals surface area contributed by atoms with Crippen molar-refractivity contribution in [1.82, 2.24) is 19.9 Å². The highest BCUT2D eigenvalue weighted by atomic mass is 19.1. The Morgan fingerprint density at radius 1 is 1.05 bits per heavy atom. The van der Waals surface area contributed by atoms with E-state index in [4.69, 9.17) is 9.47 Å². The number of benzene rings is 2. The predicted molar refractivity (Wildman–Crippen MR) is 152 cm³/mol. The van der Waals surface area contributed by atoms with Gasteiger partial charge < -0.3 is 34.9 Å². The molecule has 10 nitrogen and oxygen atoms in total. The normalized spacial score (nSPS) is 16.6. The van der Waals surface area contributed by atoms with Gasteiger partial charge in [-0.15, -0.1) is 0 Å². The molecule has 0 atom stereocenters. The Hall–Kier alpha value is -4.29. The highest BCUT2D eigenvalue weighted by Crippen LogP contribution is 2.30. The first-order valence-electron chi connectivity index (χ1n) is 13.6. The molecule has 0 unspecified atom stereocenters. The molecule has 2 aliphatic heterocycles. The molecule has 0 radical (unpaired) electrons. The molecule has 2 aromatic carbocycles. The molecule has 3 N–H and O–H groups in total. The molecule has 2 fully saturated rings. The molecule has 6 rings (SSSR count). The zero-order valence-corrected chi connectivity index (χ0v) is 22.6. The number of rotatable bonds is 7. The molecule has 214 valence electrons. The van der Waals surface area contributed by atoms with Crippen LogP contribution in [-0.4, -0.2) is 78.2 Å². The largest absolute Gasteiger partial charge is 0.424 e. The molecule has 0 spiro atoms. The van der Waals surface area contributed by atoms with Crippen LogP contribution in [0.1, 0.15) is 23.2 Å².